The van der Waals surface area contributed by atoms with Crippen molar-refractivity contribution in [3.05, 3.63) is 18.2 Å². The van der Waals surface area contributed by atoms with Gasteiger partial charge in [-0.1, -0.05) is 0 Å². The van der Waals surface area contributed by atoms with Gasteiger partial charge in [0.25, 0.3) is 0 Å². The van der Waals surface area contributed by atoms with Gasteiger partial charge in [0.2, 0.25) is 47.3 Å². The van der Waals surface area contributed by atoms with E-state index in [2.05, 4.69) is 31.2 Å². The number of nitrogens with zero attached hydrogens (tertiary/aromatic N) is 1. The maximum Gasteiger partial charge on any atom is 0.326 e. The molecule has 0 fully saturated rings. The number of aromatic nitrogens is 2. The van der Waals surface area contributed by atoms with Crippen molar-refractivity contribution in [1.29, 1.82) is 0 Å². The van der Waals surface area contributed by atoms with Crippen LogP contribution in [-0.4, -0.2) is 156 Å². The normalized spacial score (nSPS) is 15.7. The lowest BCUT2D eigenvalue weighted by Gasteiger charge is -2.28. The largest absolute Gasteiger partial charge is 0.481 e. The van der Waals surface area contributed by atoms with Crippen LogP contribution in [-0.2, 0) is 54.4 Å². The summed E-state index contributed by atoms with van der Waals surface area (Å²) in [5, 5.41) is 61.3. The van der Waals surface area contributed by atoms with Crippen molar-refractivity contribution in [2.75, 3.05) is 6.61 Å². The highest BCUT2D eigenvalue weighted by atomic mass is 16.4. The van der Waals surface area contributed by atoms with Crippen LogP contribution < -0.4 is 49.1 Å². The molecule has 18 N–H and O–H groups in total. The quantitative estimate of drug-likeness (QED) is 0.0413. The molecule has 318 valence electrons. The average Bonchev–Trinajstić information content (AvgIpc) is 3.64. The molecular formula is C31H49N11O15. The summed E-state index contributed by atoms with van der Waals surface area (Å²) in [6, 6.07) is -12.2. The molecule has 0 aliphatic rings. The number of carbonyl (C=O) groups excluding carboxylic acids is 8. The van der Waals surface area contributed by atoms with Crippen LogP contribution in [0.25, 0.3) is 0 Å². The molecule has 1 heterocycles. The number of aliphatic carboxylic acids is 2. The number of hydrogen-bond acceptors (Lipinski definition) is 15. The van der Waals surface area contributed by atoms with E-state index < -0.39 is 152 Å². The number of carboxylic acids is 2. The Morgan fingerprint density at radius 2 is 1.14 bits per heavy atom. The minimum Gasteiger partial charge on any atom is -0.481 e. The molecule has 9 atom stereocenters. The van der Waals surface area contributed by atoms with Crippen molar-refractivity contribution in [1.82, 2.24) is 41.9 Å². The summed E-state index contributed by atoms with van der Waals surface area (Å²) in [5.41, 5.74) is 16.1. The second kappa shape index (κ2) is 23.6. The predicted molar refractivity (Wildman–Crippen MR) is 189 cm³/mol. The molecule has 1 aromatic heterocycles. The van der Waals surface area contributed by atoms with Crippen LogP contribution in [0.15, 0.2) is 12.5 Å². The zero-order valence-corrected chi connectivity index (χ0v) is 30.8. The van der Waals surface area contributed by atoms with E-state index in [0.717, 1.165) is 13.8 Å². The summed E-state index contributed by atoms with van der Waals surface area (Å²) in [7, 11) is 0. The number of aromatic amines is 1. The van der Waals surface area contributed by atoms with E-state index in [1.807, 2.05) is 10.6 Å². The molecule has 0 unspecified atom stereocenters. The number of H-pyrrole nitrogens is 1. The van der Waals surface area contributed by atoms with Gasteiger partial charge in [0.15, 0.2) is 0 Å². The molecule has 26 nitrogen and oxygen atoms in total. The number of nitrogens with one attached hydrogen (secondary N) is 7. The summed E-state index contributed by atoms with van der Waals surface area (Å²) in [4.78, 5) is 131. The molecule has 1 rings (SSSR count). The highest BCUT2D eigenvalue weighted by molar-refractivity contribution is 5.98. The maximum absolute atomic E-state index is 13.6. The minimum atomic E-state index is -1.95. The highest BCUT2D eigenvalue weighted by Crippen LogP contribution is 2.07. The molecule has 0 saturated heterocycles. The first-order chi connectivity index (χ1) is 26.6. The fourth-order valence-electron chi connectivity index (χ4n) is 4.73. The molecule has 57 heavy (non-hydrogen) atoms. The second-order valence-electron chi connectivity index (χ2n) is 12.7. The van der Waals surface area contributed by atoms with Crippen LogP contribution in [0.1, 0.15) is 51.6 Å². The highest BCUT2D eigenvalue weighted by Gasteiger charge is 2.36. The van der Waals surface area contributed by atoms with Gasteiger partial charge in [0, 0.05) is 31.2 Å². The summed E-state index contributed by atoms with van der Waals surface area (Å²) in [6.45, 7) is 1.01. The minimum absolute atomic E-state index is 0.277. The van der Waals surface area contributed by atoms with Crippen LogP contribution in [0.3, 0.4) is 0 Å². The Bertz CT molecular complexity index is 1610. The molecule has 0 radical (unpaired) electrons. The molecule has 26 heteroatoms. The monoisotopic (exact) mass is 815 g/mol. The first-order valence-electron chi connectivity index (χ1n) is 17.1. The average molecular weight is 816 g/mol. The van der Waals surface area contributed by atoms with E-state index in [-0.39, 0.29) is 12.1 Å². The Morgan fingerprint density at radius 3 is 1.61 bits per heavy atom. The van der Waals surface area contributed by atoms with E-state index in [1.54, 1.807) is 0 Å². The summed E-state index contributed by atoms with van der Waals surface area (Å²) in [5.74, 6) is -12.1. The fourth-order valence-corrected chi connectivity index (χ4v) is 4.73. The predicted octanol–water partition coefficient (Wildman–Crippen LogP) is -7.97. The Balaban J connectivity index is 3.28. The third-order valence-corrected chi connectivity index (χ3v) is 7.93. The van der Waals surface area contributed by atoms with Crippen LogP contribution in [0.2, 0.25) is 0 Å². The van der Waals surface area contributed by atoms with Crippen molar-refractivity contribution >= 4 is 59.2 Å². The molecule has 0 aliphatic carbocycles. The van der Waals surface area contributed by atoms with Gasteiger partial charge in [-0.05, 0) is 26.7 Å². The van der Waals surface area contributed by atoms with Crippen LogP contribution in [0.4, 0.5) is 0 Å². The molecule has 1 aromatic rings. The lowest BCUT2D eigenvalue weighted by molar-refractivity contribution is -0.143. The second-order valence-corrected chi connectivity index (χ2v) is 12.7. The Hall–Kier alpha value is -6.25. The Kier molecular flexibility index (Phi) is 20.2. The summed E-state index contributed by atoms with van der Waals surface area (Å²) >= 11 is 0. The van der Waals surface area contributed by atoms with Gasteiger partial charge >= 0.3 is 11.9 Å². The molecule has 0 aliphatic heterocycles. The molecule has 0 aromatic carbocycles. The van der Waals surface area contributed by atoms with E-state index in [0.29, 0.717) is 0 Å². The zero-order chi connectivity index (χ0) is 43.6. The number of aliphatic hydroxyl groups excluding tert-OH is 3. The first kappa shape index (κ1) is 48.8. The zero-order valence-electron chi connectivity index (χ0n) is 30.8. The van der Waals surface area contributed by atoms with E-state index in [9.17, 15) is 73.5 Å². The van der Waals surface area contributed by atoms with Crippen molar-refractivity contribution in [3.63, 3.8) is 0 Å². The van der Waals surface area contributed by atoms with Gasteiger partial charge in [0.05, 0.1) is 31.6 Å². The van der Waals surface area contributed by atoms with Crippen molar-refractivity contribution in [3.8, 4) is 0 Å². The Morgan fingerprint density at radius 1 is 0.667 bits per heavy atom. The number of carboxylic acid groups (broad SMARTS) is 2. The lowest BCUT2D eigenvalue weighted by atomic mass is 10.0. The Labute approximate surface area is 323 Å². The standard InChI is InChI=1S/C31H49N11O15/c1-12(44)23(34)29(54)40-18(8-22(48)49)27(52)41-19(10-43)28(53)42-24(13(2)45)30(55)37-15(3-5-20(32)46)25(50)39-17(7-14-9-35-11-36-14)26(51)38-16(31(56)57)4-6-21(33)47/h9,11-13,15-19,23-24,43-45H,3-8,10,34H2,1-2H3,(H2,32,46)(H2,33,47)(H,35,36)(H,37,55)(H,38,51)(H,39,50)(H,40,54)(H,41,52)(H,42,53)(H,48,49)(H,56,57)/t12-,13-,15+,16+,17+,18+,19+,23+,24+/m1/s1. The van der Waals surface area contributed by atoms with Gasteiger partial charge in [-0.15, -0.1) is 0 Å². The molecule has 0 spiro atoms. The van der Waals surface area contributed by atoms with E-state index in [1.165, 1.54) is 12.5 Å². The van der Waals surface area contributed by atoms with Crippen LogP contribution in [0.5, 0.6) is 0 Å². The number of hydrogen-bond donors (Lipinski definition) is 15. The number of nitrogens with two attached hydrogens (primary N) is 3. The maximum atomic E-state index is 13.6. The van der Waals surface area contributed by atoms with Crippen LogP contribution >= 0.6 is 0 Å². The van der Waals surface area contributed by atoms with Crippen LogP contribution in [0, 0.1) is 0 Å². The number of imidazole rings is 1. The molecular weight excluding hydrogens is 766 g/mol. The number of carbonyl (C=O) groups is 10. The SMILES string of the molecule is C[C@@H](O)[C@H](N)C(=O)N[C@@H](CC(=O)O)C(=O)N[C@@H](CO)C(=O)N[C@H](C(=O)N[C@@H](CCC(N)=O)C(=O)N[C@@H](Cc1cnc[nH]1)C(=O)N[C@@H](CCC(N)=O)C(=O)O)[C@@H](C)O. The molecule has 8 amide bonds. The van der Waals surface area contributed by atoms with Gasteiger partial charge in [0.1, 0.15) is 42.3 Å². The smallest absolute Gasteiger partial charge is 0.326 e. The number of aliphatic hydroxyl groups is 3. The van der Waals surface area contributed by atoms with Gasteiger partial charge in [-0.2, -0.15) is 0 Å². The fraction of sp³-hybridized carbons (Fsp3) is 0.581. The number of amides is 8. The number of primary amides is 2. The first-order valence-corrected chi connectivity index (χ1v) is 17.1. The van der Waals surface area contributed by atoms with Gasteiger partial charge in [-0.25, -0.2) is 9.78 Å². The third-order valence-electron chi connectivity index (χ3n) is 7.93. The van der Waals surface area contributed by atoms with Gasteiger partial charge in [-0.3, -0.25) is 43.2 Å². The van der Waals surface area contributed by atoms with E-state index >= 15 is 0 Å². The topological polar surface area (TPSA) is 451 Å². The summed E-state index contributed by atoms with van der Waals surface area (Å²) < 4.78 is 0. The van der Waals surface area contributed by atoms with E-state index in [4.69, 9.17) is 17.2 Å². The summed E-state index contributed by atoms with van der Waals surface area (Å²) in [6.07, 6.45) is -3.82. The lowest BCUT2D eigenvalue weighted by Crippen LogP contribution is -2.62. The van der Waals surface area contributed by atoms with Crippen molar-refractivity contribution in [2.45, 2.75) is 107 Å². The van der Waals surface area contributed by atoms with Crippen molar-refractivity contribution < 1.29 is 73.5 Å². The van der Waals surface area contributed by atoms with Gasteiger partial charge < -0.3 is 79.6 Å². The molecule has 0 saturated carbocycles. The molecule has 0 bridgehead atoms. The third kappa shape index (κ3) is 17.4. The van der Waals surface area contributed by atoms with Crippen molar-refractivity contribution in [2.24, 2.45) is 17.2 Å². The number of rotatable bonds is 26.